The minimum atomic E-state index is -0.127. The van der Waals surface area contributed by atoms with Crippen LogP contribution < -0.4 is 0 Å². The van der Waals surface area contributed by atoms with Crippen LogP contribution in [0.2, 0.25) is 0 Å². The molecule has 0 bridgehead atoms. The van der Waals surface area contributed by atoms with Crippen LogP contribution in [0.3, 0.4) is 0 Å². The Hall–Kier alpha value is -2.96. The summed E-state index contributed by atoms with van der Waals surface area (Å²) in [5, 5.41) is 4.36. The number of nitrogens with zero attached hydrogens (tertiary/aromatic N) is 4. The standard InChI is InChI=1S/C21H22N4O3/c26-19(17-5-11-27-14-17)25-9-6-21(7-10-25,12-15-3-4-15)20-23-18(28-24-20)16-2-1-8-22-13-16/h1-2,5,8,11,13-15H,3-4,6-7,9-10,12H2. The molecule has 1 saturated heterocycles. The van der Waals surface area contributed by atoms with E-state index in [-0.39, 0.29) is 11.3 Å². The third-order valence-electron chi connectivity index (χ3n) is 5.96. The number of aromatic nitrogens is 3. The molecule has 1 aliphatic carbocycles. The highest BCUT2D eigenvalue weighted by Crippen LogP contribution is 2.46. The molecule has 144 valence electrons. The van der Waals surface area contributed by atoms with Gasteiger partial charge in [-0.2, -0.15) is 4.98 Å². The van der Waals surface area contributed by atoms with Crippen molar-refractivity contribution in [2.24, 2.45) is 5.92 Å². The van der Waals surface area contributed by atoms with Gasteiger partial charge < -0.3 is 13.8 Å². The lowest BCUT2D eigenvalue weighted by Gasteiger charge is -2.40. The van der Waals surface area contributed by atoms with Crippen molar-refractivity contribution in [3.8, 4) is 11.5 Å². The summed E-state index contributed by atoms with van der Waals surface area (Å²) in [6, 6.07) is 5.50. The third kappa shape index (κ3) is 3.21. The second-order valence-electron chi connectivity index (χ2n) is 7.90. The molecule has 0 unspecified atom stereocenters. The maximum absolute atomic E-state index is 12.6. The fourth-order valence-electron chi connectivity index (χ4n) is 4.15. The van der Waals surface area contributed by atoms with E-state index in [9.17, 15) is 4.79 Å². The average Bonchev–Trinajstić information content (AvgIpc) is 3.21. The molecule has 1 amide bonds. The average molecular weight is 378 g/mol. The van der Waals surface area contributed by atoms with Gasteiger partial charge in [-0.25, -0.2) is 0 Å². The molecular formula is C21H22N4O3. The summed E-state index contributed by atoms with van der Waals surface area (Å²) in [6.45, 7) is 1.38. The Labute approximate surface area is 162 Å². The second kappa shape index (κ2) is 6.89. The van der Waals surface area contributed by atoms with Gasteiger partial charge in [0, 0.05) is 30.9 Å². The Balaban J connectivity index is 1.37. The summed E-state index contributed by atoms with van der Waals surface area (Å²) >= 11 is 0. The maximum Gasteiger partial charge on any atom is 0.259 e. The molecule has 0 spiro atoms. The lowest BCUT2D eigenvalue weighted by Crippen LogP contribution is -2.46. The van der Waals surface area contributed by atoms with Gasteiger partial charge in [-0.1, -0.05) is 18.0 Å². The summed E-state index contributed by atoms with van der Waals surface area (Å²) < 4.78 is 10.6. The zero-order valence-electron chi connectivity index (χ0n) is 15.6. The van der Waals surface area contributed by atoms with Gasteiger partial charge in [0.25, 0.3) is 11.8 Å². The molecule has 0 N–H and O–H groups in total. The molecule has 5 rings (SSSR count). The van der Waals surface area contributed by atoms with E-state index in [1.54, 1.807) is 18.5 Å². The molecular weight excluding hydrogens is 356 g/mol. The van der Waals surface area contributed by atoms with Gasteiger partial charge in [0.1, 0.15) is 6.26 Å². The van der Waals surface area contributed by atoms with Crippen LogP contribution in [0.25, 0.3) is 11.5 Å². The highest BCUT2D eigenvalue weighted by atomic mass is 16.5. The molecule has 0 radical (unpaired) electrons. The quantitative estimate of drug-likeness (QED) is 0.673. The van der Waals surface area contributed by atoms with Crippen molar-refractivity contribution >= 4 is 5.91 Å². The van der Waals surface area contributed by atoms with Gasteiger partial charge in [0.05, 0.1) is 17.4 Å². The van der Waals surface area contributed by atoms with E-state index in [0.29, 0.717) is 24.5 Å². The van der Waals surface area contributed by atoms with Gasteiger partial charge >= 0.3 is 0 Å². The van der Waals surface area contributed by atoms with Gasteiger partial charge in [-0.3, -0.25) is 9.78 Å². The van der Waals surface area contributed by atoms with E-state index in [1.165, 1.54) is 25.4 Å². The van der Waals surface area contributed by atoms with Crippen LogP contribution in [0, 0.1) is 5.92 Å². The fraction of sp³-hybridized carbons (Fsp3) is 0.429. The maximum atomic E-state index is 12.6. The summed E-state index contributed by atoms with van der Waals surface area (Å²) in [4.78, 5) is 23.4. The number of hydrogen-bond donors (Lipinski definition) is 0. The lowest BCUT2D eigenvalue weighted by molar-refractivity contribution is 0.0645. The highest BCUT2D eigenvalue weighted by molar-refractivity contribution is 5.93. The van der Waals surface area contributed by atoms with Crippen molar-refractivity contribution in [2.75, 3.05) is 13.1 Å². The van der Waals surface area contributed by atoms with Crippen molar-refractivity contribution in [1.29, 1.82) is 0 Å². The largest absolute Gasteiger partial charge is 0.472 e. The first kappa shape index (κ1) is 17.2. The zero-order valence-corrected chi connectivity index (χ0v) is 15.6. The minimum Gasteiger partial charge on any atom is -0.472 e. The SMILES string of the molecule is O=C(c1ccoc1)N1CCC(CC2CC2)(c2noc(-c3cccnc3)n2)CC1. The molecule has 2 fully saturated rings. The van der Waals surface area contributed by atoms with E-state index >= 15 is 0 Å². The van der Waals surface area contributed by atoms with Crippen molar-refractivity contribution in [1.82, 2.24) is 20.0 Å². The van der Waals surface area contributed by atoms with Crippen LogP contribution >= 0.6 is 0 Å². The van der Waals surface area contributed by atoms with E-state index in [0.717, 1.165) is 36.6 Å². The first-order chi connectivity index (χ1) is 13.7. The molecule has 0 aromatic carbocycles. The first-order valence-corrected chi connectivity index (χ1v) is 9.80. The minimum absolute atomic E-state index is 0.0259. The van der Waals surface area contributed by atoms with Crippen LogP contribution in [-0.2, 0) is 5.41 Å². The number of piperidine rings is 1. The lowest BCUT2D eigenvalue weighted by atomic mass is 9.73. The van der Waals surface area contributed by atoms with Crippen molar-refractivity contribution < 1.29 is 13.7 Å². The number of furan rings is 1. The Morgan fingerprint density at radius 2 is 2.11 bits per heavy atom. The van der Waals surface area contributed by atoms with Crippen LogP contribution in [-0.4, -0.2) is 39.0 Å². The van der Waals surface area contributed by atoms with Crippen LogP contribution in [0.1, 0.15) is 48.3 Å². The Morgan fingerprint density at radius 3 is 2.79 bits per heavy atom. The highest BCUT2D eigenvalue weighted by Gasteiger charge is 2.45. The van der Waals surface area contributed by atoms with E-state index in [4.69, 9.17) is 13.9 Å². The summed E-state index contributed by atoms with van der Waals surface area (Å²) in [7, 11) is 0. The molecule has 7 heteroatoms. The molecule has 3 aromatic heterocycles. The van der Waals surface area contributed by atoms with Gasteiger partial charge in [0.15, 0.2) is 5.82 Å². The predicted molar refractivity (Wildman–Crippen MR) is 100 cm³/mol. The number of pyridine rings is 1. The number of likely N-dealkylation sites (tertiary alicyclic amines) is 1. The predicted octanol–water partition coefficient (Wildman–Crippen LogP) is 3.70. The van der Waals surface area contributed by atoms with E-state index < -0.39 is 0 Å². The second-order valence-corrected chi connectivity index (χ2v) is 7.90. The van der Waals surface area contributed by atoms with Gasteiger partial charge in [-0.05, 0) is 43.4 Å². The van der Waals surface area contributed by atoms with Gasteiger partial charge in [0.2, 0.25) is 0 Å². The van der Waals surface area contributed by atoms with Crippen LogP contribution in [0.5, 0.6) is 0 Å². The molecule has 2 aliphatic rings. The normalized spacial score (nSPS) is 18.9. The number of carbonyl (C=O) groups is 1. The molecule has 3 aromatic rings. The number of hydrogen-bond acceptors (Lipinski definition) is 6. The van der Waals surface area contributed by atoms with E-state index in [1.807, 2.05) is 17.0 Å². The number of amides is 1. The molecule has 1 aliphatic heterocycles. The van der Waals surface area contributed by atoms with Crippen LogP contribution in [0.15, 0.2) is 52.1 Å². The Bertz CT molecular complexity index is 939. The molecule has 28 heavy (non-hydrogen) atoms. The number of carbonyl (C=O) groups excluding carboxylic acids is 1. The molecule has 4 heterocycles. The van der Waals surface area contributed by atoms with Crippen LogP contribution in [0.4, 0.5) is 0 Å². The Morgan fingerprint density at radius 1 is 1.25 bits per heavy atom. The topological polar surface area (TPSA) is 85.3 Å². The monoisotopic (exact) mass is 378 g/mol. The van der Waals surface area contributed by atoms with Crippen molar-refractivity contribution in [3.63, 3.8) is 0 Å². The smallest absolute Gasteiger partial charge is 0.259 e. The van der Waals surface area contributed by atoms with E-state index in [2.05, 4.69) is 10.1 Å². The zero-order chi connectivity index (χ0) is 19.0. The van der Waals surface area contributed by atoms with Crippen molar-refractivity contribution in [2.45, 2.75) is 37.5 Å². The summed E-state index contributed by atoms with van der Waals surface area (Å²) in [6.07, 6.45) is 11.8. The summed E-state index contributed by atoms with van der Waals surface area (Å²) in [5.74, 6) is 2.04. The molecule has 7 nitrogen and oxygen atoms in total. The fourth-order valence-corrected chi connectivity index (χ4v) is 4.15. The third-order valence-corrected chi connectivity index (χ3v) is 5.96. The molecule has 1 saturated carbocycles. The number of rotatable bonds is 5. The summed E-state index contributed by atoms with van der Waals surface area (Å²) in [5.41, 5.74) is 1.31. The Kier molecular flexibility index (Phi) is 4.22. The first-order valence-electron chi connectivity index (χ1n) is 9.80. The molecule has 0 atom stereocenters. The van der Waals surface area contributed by atoms with Gasteiger partial charge in [-0.15, -0.1) is 0 Å². The van der Waals surface area contributed by atoms with Crippen molar-refractivity contribution in [3.05, 3.63) is 54.5 Å².